The van der Waals surface area contributed by atoms with E-state index in [1.807, 2.05) is 30.3 Å². The number of ether oxygens (including phenoxy) is 2. The van der Waals surface area contributed by atoms with Gasteiger partial charge in [0.2, 0.25) is 5.91 Å². The van der Waals surface area contributed by atoms with E-state index in [2.05, 4.69) is 50.0 Å². The van der Waals surface area contributed by atoms with E-state index in [0.717, 1.165) is 66.7 Å². The number of carbonyl (C=O) groups excluding carboxylic acids is 1. The summed E-state index contributed by atoms with van der Waals surface area (Å²) in [5, 5.41) is 3.08. The van der Waals surface area contributed by atoms with Crippen LogP contribution >= 0.6 is 0 Å². The number of hydrogen-bond donors (Lipinski definition) is 1. The van der Waals surface area contributed by atoms with Gasteiger partial charge in [-0.15, -0.1) is 0 Å². The summed E-state index contributed by atoms with van der Waals surface area (Å²) < 4.78 is 13.1. The second-order valence-electron chi connectivity index (χ2n) is 10.7. The van der Waals surface area contributed by atoms with Crippen molar-refractivity contribution in [2.75, 3.05) is 45.7 Å². The number of amides is 1. The van der Waals surface area contributed by atoms with Crippen LogP contribution in [0.2, 0.25) is 0 Å². The molecule has 0 atom stereocenters. The van der Waals surface area contributed by atoms with Crippen LogP contribution in [0, 0.1) is 0 Å². The molecule has 1 fully saturated rings. The molecule has 2 aromatic carbocycles. The van der Waals surface area contributed by atoms with Crippen molar-refractivity contribution in [1.82, 2.24) is 19.2 Å². The van der Waals surface area contributed by atoms with Crippen molar-refractivity contribution >= 4 is 17.2 Å². The Morgan fingerprint density at radius 1 is 0.900 bits per heavy atom. The van der Waals surface area contributed by atoms with E-state index in [-0.39, 0.29) is 5.91 Å². The number of nitrogens with one attached hydrogen (secondary N) is 1. The molecule has 0 aliphatic carbocycles. The van der Waals surface area contributed by atoms with E-state index in [0.29, 0.717) is 13.1 Å². The molecular weight excluding hydrogens is 502 g/mol. The fourth-order valence-electron chi connectivity index (χ4n) is 5.95. The molecule has 8 nitrogen and oxygen atoms in total. The number of fused-ring (bicyclic) bond motifs is 2. The summed E-state index contributed by atoms with van der Waals surface area (Å²) in [5.74, 6) is 1.45. The minimum atomic E-state index is -0.0183. The standard InChI is InChI=1S/C32H37N5O3/c1-39-28-18-24-13-17-36(20-25(24)19-29(28)40-2)22-31(38)33-26-11-9-23(10-12-26)32-27(21-35-14-5-3-6-15-35)37-16-7-4-8-30(37)34-32/h4,7-12,16,18-19H,3,5-6,13-15,17,20-22H2,1-2H3,(H,33,38). The highest BCUT2D eigenvalue weighted by atomic mass is 16.5. The Labute approximate surface area is 235 Å². The van der Waals surface area contributed by atoms with Crippen molar-refractivity contribution in [2.24, 2.45) is 0 Å². The Kier molecular flexibility index (Phi) is 7.71. The van der Waals surface area contributed by atoms with Gasteiger partial charge in [-0.1, -0.05) is 24.6 Å². The summed E-state index contributed by atoms with van der Waals surface area (Å²) in [6.07, 6.45) is 6.81. The number of methoxy groups -OCH3 is 2. The zero-order valence-electron chi connectivity index (χ0n) is 23.4. The fourth-order valence-corrected chi connectivity index (χ4v) is 5.95. The van der Waals surface area contributed by atoms with Gasteiger partial charge in [-0.05, 0) is 79.9 Å². The first-order chi connectivity index (χ1) is 19.6. The van der Waals surface area contributed by atoms with Gasteiger partial charge in [0.1, 0.15) is 5.65 Å². The van der Waals surface area contributed by atoms with Crippen LogP contribution in [0.5, 0.6) is 11.5 Å². The number of aromatic nitrogens is 2. The highest BCUT2D eigenvalue weighted by molar-refractivity contribution is 5.92. The molecule has 2 aromatic heterocycles. The zero-order chi connectivity index (χ0) is 27.5. The number of pyridine rings is 1. The van der Waals surface area contributed by atoms with Gasteiger partial charge in [-0.3, -0.25) is 14.6 Å². The molecule has 0 saturated carbocycles. The third kappa shape index (κ3) is 5.55. The minimum absolute atomic E-state index is 0.0183. The number of benzene rings is 2. The van der Waals surface area contributed by atoms with E-state index >= 15 is 0 Å². The van der Waals surface area contributed by atoms with Gasteiger partial charge in [0, 0.05) is 37.1 Å². The van der Waals surface area contributed by atoms with Gasteiger partial charge >= 0.3 is 0 Å². The van der Waals surface area contributed by atoms with Gasteiger partial charge in [-0.25, -0.2) is 4.98 Å². The van der Waals surface area contributed by atoms with Crippen molar-refractivity contribution in [3.8, 4) is 22.8 Å². The first-order valence-corrected chi connectivity index (χ1v) is 14.2. The van der Waals surface area contributed by atoms with Gasteiger partial charge < -0.3 is 19.2 Å². The van der Waals surface area contributed by atoms with Crippen molar-refractivity contribution < 1.29 is 14.3 Å². The lowest BCUT2D eigenvalue weighted by Gasteiger charge is -2.29. The quantitative estimate of drug-likeness (QED) is 0.340. The second kappa shape index (κ2) is 11.7. The van der Waals surface area contributed by atoms with Crippen LogP contribution in [0.1, 0.15) is 36.1 Å². The SMILES string of the molecule is COc1cc2c(cc1OC)CN(CC(=O)Nc1ccc(-c3nc4ccccn4c3CN3CCCCC3)cc1)CC2. The van der Waals surface area contributed by atoms with Crippen molar-refractivity contribution in [1.29, 1.82) is 0 Å². The van der Waals surface area contributed by atoms with Crippen LogP contribution in [-0.2, 0) is 24.3 Å². The molecule has 0 bridgehead atoms. The van der Waals surface area contributed by atoms with Crippen LogP contribution in [-0.4, -0.2) is 65.5 Å². The minimum Gasteiger partial charge on any atom is -0.493 e. The Bertz CT molecular complexity index is 1490. The maximum Gasteiger partial charge on any atom is 0.238 e. The van der Waals surface area contributed by atoms with E-state index in [4.69, 9.17) is 14.5 Å². The molecule has 4 aromatic rings. The van der Waals surface area contributed by atoms with Gasteiger partial charge in [0.15, 0.2) is 11.5 Å². The molecule has 208 valence electrons. The molecule has 1 amide bonds. The van der Waals surface area contributed by atoms with Crippen LogP contribution in [0.3, 0.4) is 0 Å². The molecule has 0 unspecified atom stereocenters. The monoisotopic (exact) mass is 539 g/mol. The van der Waals surface area contributed by atoms with Crippen LogP contribution in [0.4, 0.5) is 5.69 Å². The molecule has 4 heterocycles. The molecule has 8 heteroatoms. The third-order valence-electron chi connectivity index (χ3n) is 8.06. The predicted molar refractivity (Wildman–Crippen MR) is 157 cm³/mol. The molecule has 6 rings (SSSR count). The lowest BCUT2D eigenvalue weighted by atomic mass is 9.99. The summed E-state index contributed by atoms with van der Waals surface area (Å²) in [6.45, 7) is 5.01. The average molecular weight is 540 g/mol. The molecule has 1 N–H and O–H groups in total. The number of anilines is 1. The number of imidazole rings is 1. The molecular formula is C32H37N5O3. The smallest absolute Gasteiger partial charge is 0.238 e. The van der Waals surface area contributed by atoms with Gasteiger partial charge in [0.05, 0.1) is 32.2 Å². The first kappa shape index (κ1) is 26.3. The Balaban J connectivity index is 1.13. The van der Waals surface area contributed by atoms with Crippen molar-refractivity contribution in [3.63, 3.8) is 0 Å². The van der Waals surface area contributed by atoms with Crippen molar-refractivity contribution in [2.45, 2.75) is 38.8 Å². The van der Waals surface area contributed by atoms with E-state index in [9.17, 15) is 4.79 Å². The molecule has 2 aliphatic heterocycles. The summed E-state index contributed by atoms with van der Waals surface area (Å²) >= 11 is 0. The number of likely N-dealkylation sites (tertiary alicyclic amines) is 1. The second-order valence-corrected chi connectivity index (χ2v) is 10.7. The van der Waals surface area contributed by atoms with E-state index in [1.54, 1.807) is 14.2 Å². The topological polar surface area (TPSA) is 71.3 Å². The molecule has 0 radical (unpaired) electrons. The largest absolute Gasteiger partial charge is 0.493 e. The van der Waals surface area contributed by atoms with Crippen LogP contribution in [0.25, 0.3) is 16.9 Å². The van der Waals surface area contributed by atoms with Crippen molar-refractivity contribution in [3.05, 3.63) is 77.6 Å². The number of nitrogens with zero attached hydrogens (tertiary/aromatic N) is 4. The van der Waals surface area contributed by atoms with E-state index < -0.39 is 0 Å². The highest BCUT2D eigenvalue weighted by Crippen LogP contribution is 2.33. The Hall–Kier alpha value is -3.88. The third-order valence-corrected chi connectivity index (χ3v) is 8.06. The maximum absolute atomic E-state index is 12.9. The summed E-state index contributed by atoms with van der Waals surface area (Å²) in [6, 6.07) is 18.3. The maximum atomic E-state index is 12.9. The van der Waals surface area contributed by atoms with Gasteiger partial charge in [0.25, 0.3) is 0 Å². The van der Waals surface area contributed by atoms with Crippen LogP contribution in [0.15, 0.2) is 60.8 Å². The fraction of sp³-hybridized carbons (Fsp3) is 0.375. The zero-order valence-corrected chi connectivity index (χ0v) is 23.4. The number of carbonyl (C=O) groups is 1. The number of rotatable bonds is 8. The average Bonchev–Trinajstić information content (AvgIpc) is 3.35. The van der Waals surface area contributed by atoms with Gasteiger partial charge in [-0.2, -0.15) is 0 Å². The summed E-state index contributed by atoms with van der Waals surface area (Å²) in [7, 11) is 3.30. The molecule has 40 heavy (non-hydrogen) atoms. The number of hydrogen-bond acceptors (Lipinski definition) is 6. The van der Waals surface area contributed by atoms with E-state index in [1.165, 1.54) is 36.1 Å². The lowest BCUT2D eigenvalue weighted by Crippen LogP contribution is -2.37. The summed E-state index contributed by atoms with van der Waals surface area (Å²) in [4.78, 5) is 22.6. The van der Waals surface area contributed by atoms with Crippen LogP contribution < -0.4 is 14.8 Å². The lowest BCUT2D eigenvalue weighted by molar-refractivity contribution is -0.117. The highest BCUT2D eigenvalue weighted by Gasteiger charge is 2.22. The normalized spacial score (nSPS) is 16.1. The number of piperidine rings is 1. The Morgan fingerprint density at radius 3 is 2.40 bits per heavy atom. The predicted octanol–water partition coefficient (Wildman–Crippen LogP) is 5.00. The molecule has 0 spiro atoms. The molecule has 2 aliphatic rings. The molecule has 1 saturated heterocycles. The first-order valence-electron chi connectivity index (χ1n) is 14.2. The summed E-state index contributed by atoms with van der Waals surface area (Å²) in [5.41, 5.74) is 7.46. The Morgan fingerprint density at radius 2 is 1.65 bits per heavy atom.